The van der Waals surface area contributed by atoms with Crippen molar-refractivity contribution in [3.05, 3.63) is 51.0 Å². The predicted octanol–water partition coefficient (Wildman–Crippen LogP) is 5.84. The molecule has 0 aliphatic heterocycles. The van der Waals surface area contributed by atoms with E-state index in [0.717, 1.165) is 21.3 Å². The first kappa shape index (κ1) is 14.0. The quantitative estimate of drug-likeness (QED) is 0.686. The Morgan fingerprint density at radius 1 is 1.00 bits per heavy atom. The molecule has 98 valence electrons. The summed E-state index contributed by atoms with van der Waals surface area (Å²) in [7, 11) is 0. The highest BCUT2D eigenvalue weighted by Gasteiger charge is 2.07. The Labute approximate surface area is 125 Å². The first-order valence-corrected chi connectivity index (χ1v) is 6.81. The van der Waals surface area contributed by atoms with Crippen LogP contribution in [0.3, 0.4) is 0 Å². The zero-order valence-corrected chi connectivity index (χ0v) is 12.8. The topological polar surface area (TPSA) is 45.0 Å². The molecule has 0 unspecified atom stereocenters. The van der Waals surface area contributed by atoms with Gasteiger partial charge in [-0.25, -0.2) is 0 Å². The summed E-state index contributed by atoms with van der Waals surface area (Å²) in [5.74, 6) is -0.0713. The van der Waals surface area contributed by atoms with Gasteiger partial charge in [-0.15, -0.1) is 5.11 Å². The maximum absolute atomic E-state index is 9.80. The van der Waals surface area contributed by atoms with Crippen LogP contribution in [0, 0.1) is 13.8 Å². The number of halogens is 2. The van der Waals surface area contributed by atoms with Crippen LogP contribution in [0.1, 0.15) is 11.1 Å². The van der Waals surface area contributed by atoms with Gasteiger partial charge >= 0.3 is 0 Å². The van der Waals surface area contributed by atoms with Gasteiger partial charge in [0.15, 0.2) is 5.75 Å². The van der Waals surface area contributed by atoms with Crippen molar-refractivity contribution >= 4 is 38.9 Å². The first-order chi connectivity index (χ1) is 8.95. The average molecular weight is 340 g/mol. The van der Waals surface area contributed by atoms with Crippen molar-refractivity contribution in [2.45, 2.75) is 13.8 Å². The van der Waals surface area contributed by atoms with Gasteiger partial charge in [0.05, 0.1) is 10.7 Å². The molecule has 0 heterocycles. The molecule has 19 heavy (non-hydrogen) atoms. The lowest BCUT2D eigenvalue weighted by atomic mass is 10.1. The van der Waals surface area contributed by atoms with E-state index >= 15 is 0 Å². The lowest BCUT2D eigenvalue weighted by molar-refractivity contribution is 0.476. The average Bonchev–Trinajstić information content (AvgIpc) is 2.30. The molecule has 0 aliphatic rings. The second-order valence-corrected chi connectivity index (χ2v) is 5.62. The molecule has 0 spiro atoms. The van der Waals surface area contributed by atoms with Crippen molar-refractivity contribution in [3.63, 3.8) is 0 Å². The molecular formula is C14H12BrClN2O. The van der Waals surface area contributed by atoms with Crippen molar-refractivity contribution in [2.75, 3.05) is 0 Å². The molecule has 0 saturated heterocycles. The van der Waals surface area contributed by atoms with Crippen LogP contribution in [0.25, 0.3) is 0 Å². The molecule has 0 aliphatic carbocycles. The van der Waals surface area contributed by atoms with E-state index in [0.29, 0.717) is 5.69 Å². The van der Waals surface area contributed by atoms with Crippen LogP contribution in [0.2, 0.25) is 5.02 Å². The number of hydrogen-bond acceptors (Lipinski definition) is 3. The van der Waals surface area contributed by atoms with Crippen molar-refractivity contribution in [1.29, 1.82) is 0 Å². The van der Waals surface area contributed by atoms with Crippen LogP contribution in [-0.4, -0.2) is 5.11 Å². The Balaban J connectivity index is 2.37. The SMILES string of the molecule is Cc1cc(C)cc(N=Nc2cc(Br)cc(Cl)c2O)c1. The fourth-order valence-corrected chi connectivity index (χ4v) is 2.54. The van der Waals surface area contributed by atoms with Crippen LogP contribution >= 0.6 is 27.5 Å². The Hall–Kier alpha value is -1.39. The molecule has 1 N–H and O–H groups in total. The van der Waals surface area contributed by atoms with E-state index in [4.69, 9.17) is 11.6 Å². The molecule has 3 nitrogen and oxygen atoms in total. The van der Waals surface area contributed by atoms with Gasteiger partial charge in [0.2, 0.25) is 0 Å². The summed E-state index contributed by atoms with van der Waals surface area (Å²) in [5.41, 5.74) is 3.31. The zero-order valence-electron chi connectivity index (χ0n) is 10.5. The summed E-state index contributed by atoms with van der Waals surface area (Å²) in [5, 5.41) is 18.2. The Kier molecular flexibility index (Phi) is 4.22. The molecule has 0 fully saturated rings. The van der Waals surface area contributed by atoms with E-state index in [-0.39, 0.29) is 10.8 Å². The van der Waals surface area contributed by atoms with E-state index < -0.39 is 0 Å². The molecule has 0 amide bonds. The number of hydrogen-bond donors (Lipinski definition) is 1. The second-order valence-electron chi connectivity index (χ2n) is 4.30. The number of phenolic OH excluding ortho intramolecular Hbond substituents is 1. The number of azo groups is 1. The minimum Gasteiger partial charge on any atom is -0.504 e. The van der Waals surface area contributed by atoms with Gasteiger partial charge in [-0.2, -0.15) is 5.11 Å². The summed E-state index contributed by atoms with van der Waals surface area (Å²) >= 11 is 9.17. The molecule has 0 saturated carbocycles. The number of aryl methyl sites for hydroxylation is 2. The van der Waals surface area contributed by atoms with Gasteiger partial charge in [0.1, 0.15) is 5.69 Å². The third kappa shape index (κ3) is 3.55. The van der Waals surface area contributed by atoms with Gasteiger partial charge in [-0.1, -0.05) is 33.6 Å². The number of nitrogens with zero attached hydrogens (tertiary/aromatic N) is 2. The van der Waals surface area contributed by atoms with E-state index in [9.17, 15) is 5.11 Å². The molecule has 2 aromatic rings. The van der Waals surface area contributed by atoms with E-state index in [1.807, 2.05) is 26.0 Å². The molecule has 2 rings (SSSR count). The van der Waals surface area contributed by atoms with E-state index in [1.165, 1.54) is 0 Å². The van der Waals surface area contributed by atoms with Crippen molar-refractivity contribution < 1.29 is 5.11 Å². The first-order valence-electron chi connectivity index (χ1n) is 5.64. The Morgan fingerprint density at radius 3 is 2.26 bits per heavy atom. The van der Waals surface area contributed by atoms with Gasteiger partial charge in [-0.3, -0.25) is 0 Å². The summed E-state index contributed by atoms with van der Waals surface area (Å²) < 4.78 is 0.740. The summed E-state index contributed by atoms with van der Waals surface area (Å²) in [6, 6.07) is 9.17. The minimum absolute atomic E-state index is 0.0713. The summed E-state index contributed by atoms with van der Waals surface area (Å²) in [6.07, 6.45) is 0. The van der Waals surface area contributed by atoms with Crippen LogP contribution in [0.15, 0.2) is 45.0 Å². The molecule has 0 aromatic heterocycles. The number of benzene rings is 2. The Morgan fingerprint density at radius 2 is 1.63 bits per heavy atom. The predicted molar refractivity (Wildman–Crippen MR) is 80.9 cm³/mol. The Bertz CT molecular complexity index is 636. The standard InChI is InChI=1S/C14H12BrClN2O/c1-8-3-9(2)5-11(4-8)17-18-13-7-10(15)6-12(16)14(13)19/h3-7,19H,1-2H3. The lowest BCUT2D eigenvalue weighted by Gasteiger charge is -2.02. The molecule has 5 heteroatoms. The maximum Gasteiger partial charge on any atom is 0.161 e. The lowest BCUT2D eigenvalue weighted by Crippen LogP contribution is -1.76. The van der Waals surface area contributed by atoms with Crippen LogP contribution < -0.4 is 0 Å². The summed E-state index contributed by atoms with van der Waals surface area (Å²) in [6.45, 7) is 4.00. The third-order valence-electron chi connectivity index (χ3n) is 2.49. The van der Waals surface area contributed by atoms with E-state index in [1.54, 1.807) is 12.1 Å². The van der Waals surface area contributed by atoms with Crippen molar-refractivity contribution in [3.8, 4) is 5.75 Å². The van der Waals surface area contributed by atoms with Crippen LogP contribution in [-0.2, 0) is 0 Å². The molecule has 0 bridgehead atoms. The zero-order chi connectivity index (χ0) is 14.0. The largest absolute Gasteiger partial charge is 0.504 e. The highest BCUT2D eigenvalue weighted by Crippen LogP contribution is 2.37. The molecule has 0 atom stereocenters. The van der Waals surface area contributed by atoms with E-state index in [2.05, 4.69) is 32.2 Å². The highest BCUT2D eigenvalue weighted by atomic mass is 79.9. The van der Waals surface area contributed by atoms with Crippen LogP contribution in [0.4, 0.5) is 11.4 Å². The highest BCUT2D eigenvalue weighted by molar-refractivity contribution is 9.10. The smallest absolute Gasteiger partial charge is 0.161 e. The molecule has 2 aromatic carbocycles. The van der Waals surface area contributed by atoms with Crippen molar-refractivity contribution in [2.24, 2.45) is 10.2 Å². The van der Waals surface area contributed by atoms with Gasteiger partial charge in [0, 0.05) is 4.47 Å². The number of rotatable bonds is 2. The normalized spacial score (nSPS) is 11.2. The number of aromatic hydroxyl groups is 1. The van der Waals surface area contributed by atoms with Gasteiger partial charge in [0.25, 0.3) is 0 Å². The third-order valence-corrected chi connectivity index (χ3v) is 3.23. The fourth-order valence-electron chi connectivity index (χ4n) is 1.75. The van der Waals surface area contributed by atoms with Gasteiger partial charge in [-0.05, 0) is 49.2 Å². The fraction of sp³-hybridized carbons (Fsp3) is 0.143. The monoisotopic (exact) mass is 338 g/mol. The van der Waals surface area contributed by atoms with Gasteiger partial charge < -0.3 is 5.11 Å². The molecule has 0 radical (unpaired) electrons. The van der Waals surface area contributed by atoms with Crippen molar-refractivity contribution in [1.82, 2.24) is 0 Å². The maximum atomic E-state index is 9.80. The number of phenols is 1. The second kappa shape index (κ2) is 5.72. The molecular weight excluding hydrogens is 328 g/mol. The summed E-state index contributed by atoms with van der Waals surface area (Å²) in [4.78, 5) is 0. The van der Waals surface area contributed by atoms with Crippen LogP contribution in [0.5, 0.6) is 5.75 Å². The minimum atomic E-state index is -0.0713.